The number of furan rings is 1. The maximum Gasteiger partial charge on any atom is 0.341 e. The van der Waals surface area contributed by atoms with Crippen LogP contribution in [0.4, 0.5) is 0 Å². The zero-order chi connectivity index (χ0) is 11.8. The van der Waals surface area contributed by atoms with E-state index in [1.807, 2.05) is 12.2 Å². The molecular weight excluding hydrogens is 204 g/mol. The quantitative estimate of drug-likeness (QED) is 0.544. The molecule has 0 aliphatic heterocycles. The largest absolute Gasteiger partial charge is 0.465 e. The SMILES string of the molecule is CCCCC/C=C/c1occc1C(=O)OC. The minimum Gasteiger partial charge on any atom is -0.465 e. The average molecular weight is 222 g/mol. The van der Waals surface area contributed by atoms with E-state index in [9.17, 15) is 4.79 Å². The standard InChI is InChI=1S/C13H18O3/c1-3-4-5-6-7-8-12-11(9-10-16-12)13(14)15-2/h7-10H,3-6H2,1-2H3/b8-7+. The molecule has 1 aromatic rings. The molecule has 88 valence electrons. The fraction of sp³-hybridized carbons (Fsp3) is 0.462. The molecular formula is C13H18O3. The Hall–Kier alpha value is -1.51. The van der Waals surface area contributed by atoms with Gasteiger partial charge in [0.05, 0.1) is 13.4 Å². The van der Waals surface area contributed by atoms with E-state index in [2.05, 4.69) is 11.7 Å². The van der Waals surface area contributed by atoms with Gasteiger partial charge in [-0.3, -0.25) is 0 Å². The lowest BCUT2D eigenvalue weighted by atomic mass is 10.2. The summed E-state index contributed by atoms with van der Waals surface area (Å²) in [5, 5.41) is 0. The molecule has 0 saturated carbocycles. The van der Waals surface area contributed by atoms with Gasteiger partial charge in [0, 0.05) is 0 Å². The summed E-state index contributed by atoms with van der Waals surface area (Å²) >= 11 is 0. The van der Waals surface area contributed by atoms with Crippen LogP contribution >= 0.6 is 0 Å². The summed E-state index contributed by atoms with van der Waals surface area (Å²) in [7, 11) is 1.37. The lowest BCUT2D eigenvalue weighted by Crippen LogP contribution is -2.00. The molecule has 3 nitrogen and oxygen atoms in total. The number of ether oxygens (including phenoxy) is 1. The van der Waals surface area contributed by atoms with Crippen LogP contribution in [0.3, 0.4) is 0 Å². The number of rotatable bonds is 6. The number of carbonyl (C=O) groups is 1. The Morgan fingerprint density at radius 1 is 1.50 bits per heavy atom. The van der Waals surface area contributed by atoms with Gasteiger partial charge in [0.2, 0.25) is 0 Å². The first-order valence-electron chi connectivity index (χ1n) is 5.62. The van der Waals surface area contributed by atoms with Gasteiger partial charge in [0.15, 0.2) is 0 Å². The highest BCUT2D eigenvalue weighted by Gasteiger charge is 2.11. The maximum absolute atomic E-state index is 11.3. The third kappa shape index (κ3) is 3.57. The van der Waals surface area contributed by atoms with Gasteiger partial charge in [-0.05, 0) is 25.0 Å². The molecule has 16 heavy (non-hydrogen) atoms. The summed E-state index contributed by atoms with van der Waals surface area (Å²) in [6, 6.07) is 1.62. The zero-order valence-electron chi connectivity index (χ0n) is 9.86. The highest BCUT2D eigenvalue weighted by Crippen LogP contribution is 2.14. The molecule has 0 bridgehead atoms. The van der Waals surface area contributed by atoms with Gasteiger partial charge in [0.1, 0.15) is 11.3 Å². The van der Waals surface area contributed by atoms with Gasteiger partial charge in [-0.1, -0.05) is 25.8 Å². The van der Waals surface area contributed by atoms with Gasteiger partial charge < -0.3 is 9.15 Å². The lowest BCUT2D eigenvalue weighted by molar-refractivity contribution is 0.0599. The molecule has 0 amide bonds. The third-order valence-electron chi connectivity index (χ3n) is 2.34. The summed E-state index contributed by atoms with van der Waals surface area (Å²) < 4.78 is 9.85. The van der Waals surface area contributed by atoms with Crippen molar-refractivity contribution in [2.45, 2.75) is 32.6 Å². The van der Waals surface area contributed by atoms with Crippen LogP contribution in [-0.2, 0) is 4.74 Å². The van der Waals surface area contributed by atoms with E-state index in [1.54, 1.807) is 6.07 Å². The molecule has 3 heteroatoms. The van der Waals surface area contributed by atoms with Crippen LogP contribution in [0.25, 0.3) is 6.08 Å². The fourth-order valence-electron chi connectivity index (χ4n) is 1.43. The van der Waals surface area contributed by atoms with E-state index in [0.717, 1.165) is 6.42 Å². The van der Waals surface area contributed by atoms with E-state index in [1.165, 1.54) is 32.6 Å². The highest BCUT2D eigenvalue weighted by molar-refractivity contribution is 5.92. The van der Waals surface area contributed by atoms with Gasteiger partial charge in [-0.25, -0.2) is 4.79 Å². The van der Waals surface area contributed by atoms with Gasteiger partial charge in [-0.15, -0.1) is 0 Å². The van der Waals surface area contributed by atoms with E-state index < -0.39 is 0 Å². The molecule has 0 aliphatic rings. The lowest BCUT2D eigenvalue weighted by Gasteiger charge is -1.96. The average Bonchev–Trinajstić information content (AvgIpc) is 2.76. The molecule has 0 fully saturated rings. The minimum atomic E-state index is -0.359. The summed E-state index contributed by atoms with van der Waals surface area (Å²) in [4.78, 5) is 11.3. The normalized spacial score (nSPS) is 10.9. The van der Waals surface area contributed by atoms with Gasteiger partial charge in [0.25, 0.3) is 0 Å². The van der Waals surface area contributed by atoms with Crippen LogP contribution in [0.5, 0.6) is 0 Å². The number of carbonyl (C=O) groups excluding carboxylic acids is 1. The summed E-state index contributed by atoms with van der Waals surface area (Å²) in [6.07, 6.45) is 9.98. The van der Waals surface area contributed by atoms with Crippen LogP contribution in [-0.4, -0.2) is 13.1 Å². The van der Waals surface area contributed by atoms with Crippen molar-refractivity contribution in [2.24, 2.45) is 0 Å². The first-order chi connectivity index (χ1) is 7.79. The molecule has 0 unspecified atom stereocenters. The van der Waals surface area contributed by atoms with Crippen molar-refractivity contribution in [3.05, 3.63) is 29.7 Å². The fourth-order valence-corrected chi connectivity index (χ4v) is 1.43. The summed E-state index contributed by atoms with van der Waals surface area (Å²) in [5.74, 6) is 0.213. The molecule has 1 aromatic heterocycles. The first-order valence-corrected chi connectivity index (χ1v) is 5.62. The number of unbranched alkanes of at least 4 members (excludes halogenated alkanes) is 3. The second-order valence-electron chi connectivity index (χ2n) is 3.59. The van der Waals surface area contributed by atoms with Crippen LogP contribution in [0, 0.1) is 0 Å². The van der Waals surface area contributed by atoms with Crippen molar-refractivity contribution in [1.82, 2.24) is 0 Å². The Kier molecular flexibility index (Phi) is 5.40. The van der Waals surface area contributed by atoms with Crippen molar-refractivity contribution < 1.29 is 13.9 Å². The number of hydrogen-bond donors (Lipinski definition) is 0. The van der Waals surface area contributed by atoms with E-state index >= 15 is 0 Å². The first kappa shape index (κ1) is 12.6. The molecule has 1 heterocycles. The van der Waals surface area contributed by atoms with Crippen LogP contribution in [0.2, 0.25) is 0 Å². The summed E-state index contributed by atoms with van der Waals surface area (Å²) in [5.41, 5.74) is 0.481. The molecule has 0 N–H and O–H groups in total. The molecule has 0 aliphatic carbocycles. The Morgan fingerprint density at radius 3 is 3.00 bits per heavy atom. The number of esters is 1. The van der Waals surface area contributed by atoms with Crippen molar-refractivity contribution in [3.8, 4) is 0 Å². The molecule has 0 saturated heterocycles. The Bertz CT molecular complexity index is 350. The van der Waals surface area contributed by atoms with Gasteiger partial charge in [-0.2, -0.15) is 0 Å². The maximum atomic E-state index is 11.3. The smallest absolute Gasteiger partial charge is 0.341 e. The molecule has 0 spiro atoms. The predicted molar refractivity (Wildman–Crippen MR) is 63.2 cm³/mol. The van der Waals surface area contributed by atoms with Crippen molar-refractivity contribution >= 4 is 12.0 Å². The van der Waals surface area contributed by atoms with Crippen molar-refractivity contribution in [1.29, 1.82) is 0 Å². The van der Waals surface area contributed by atoms with Crippen LogP contribution in [0.1, 0.15) is 48.7 Å². The topological polar surface area (TPSA) is 39.4 Å². The Balaban J connectivity index is 2.53. The second kappa shape index (κ2) is 6.88. The van der Waals surface area contributed by atoms with Crippen molar-refractivity contribution in [3.63, 3.8) is 0 Å². The number of hydrogen-bond acceptors (Lipinski definition) is 3. The number of allylic oxidation sites excluding steroid dienone is 1. The van der Waals surface area contributed by atoms with Gasteiger partial charge >= 0.3 is 5.97 Å². The zero-order valence-corrected chi connectivity index (χ0v) is 9.86. The highest BCUT2D eigenvalue weighted by atomic mass is 16.5. The molecule has 0 atom stereocenters. The molecule has 1 rings (SSSR count). The van der Waals surface area contributed by atoms with E-state index in [4.69, 9.17) is 4.42 Å². The van der Waals surface area contributed by atoms with Crippen LogP contribution < -0.4 is 0 Å². The van der Waals surface area contributed by atoms with Crippen LogP contribution in [0.15, 0.2) is 22.8 Å². The number of methoxy groups -OCH3 is 1. The third-order valence-corrected chi connectivity index (χ3v) is 2.34. The second-order valence-corrected chi connectivity index (χ2v) is 3.59. The predicted octanol–water partition coefficient (Wildman–Crippen LogP) is 3.66. The minimum absolute atomic E-state index is 0.359. The Morgan fingerprint density at radius 2 is 2.31 bits per heavy atom. The Labute approximate surface area is 96.1 Å². The van der Waals surface area contributed by atoms with E-state index in [-0.39, 0.29) is 5.97 Å². The van der Waals surface area contributed by atoms with Crippen molar-refractivity contribution in [2.75, 3.05) is 7.11 Å². The summed E-state index contributed by atoms with van der Waals surface area (Å²) in [6.45, 7) is 2.17. The molecule has 0 aromatic carbocycles. The monoisotopic (exact) mass is 222 g/mol. The van der Waals surface area contributed by atoms with E-state index in [0.29, 0.717) is 11.3 Å². The molecule has 0 radical (unpaired) electrons.